The van der Waals surface area contributed by atoms with Crippen molar-refractivity contribution in [2.24, 2.45) is 7.05 Å². The molecule has 0 saturated heterocycles. The van der Waals surface area contributed by atoms with Gasteiger partial charge in [-0.1, -0.05) is 30.7 Å². The van der Waals surface area contributed by atoms with E-state index in [0.717, 1.165) is 0 Å². The maximum absolute atomic E-state index is 12.5. The number of halogens is 1. The second kappa shape index (κ2) is 6.93. The summed E-state index contributed by atoms with van der Waals surface area (Å²) in [5.74, 6) is 0.367. The fourth-order valence-corrected chi connectivity index (χ4v) is 3.82. The molecular formula is C16H16ClN5O3S. The van der Waals surface area contributed by atoms with E-state index in [2.05, 4.69) is 19.7 Å². The van der Waals surface area contributed by atoms with Crippen LogP contribution in [0.5, 0.6) is 0 Å². The van der Waals surface area contributed by atoms with Gasteiger partial charge in [-0.3, -0.25) is 9.52 Å². The fourth-order valence-electron chi connectivity index (χ4n) is 2.33. The molecular weight excluding hydrogens is 378 g/mol. The number of H-pyrrole nitrogens is 1. The maximum Gasteiger partial charge on any atom is 0.282 e. The molecule has 8 nitrogen and oxygen atoms in total. The highest BCUT2D eigenvalue weighted by molar-refractivity contribution is 7.92. The van der Waals surface area contributed by atoms with Crippen molar-refractivity contribution in [1.29, 1.82) is 0 Å². The Bertz CT molecular complexity index is 1120. The lowest BCUT2D eigenvalue weighted by molar-refractivity contribution is 0.598. The first-order chi connectivity index (χ1) is 12.3. The topological polar surface area (TPSA) is 110 Å². The number of nitrogens with one attached hydrogen (secondary N) is 2. The number of hydrogen-bond acceptors (Lipinski definition) is 5. The van der Waals surface area contributed by atoms with Crippen LogP contribution >= 0.6 is 11.6 Å². The lowest BCUT2D eigenvalue weighted by atomic mass is 10.2. The quantitative estimate of drug-likeness (QED) is 0.690. The zero-order valence-electron chi connectivity index (χ0n) is 14.0. The van der Waals surface area contributed by atoms with Crippen molar-refractivity contribution in [3.8, 4) is 11.4 Å². The van der Waals surface area contributed by atoms with E-state index in [1.165, 1.54) is 17.0 Å². The first kappa shape index (κ1) is 18.2. The van der Waals surface area contributed by atoms with E-state index >= 15 is 0 Å². The summed E-state index contributed by atoms with van der Waals surface area (Å²) in [6, 6.07) is 7.97. The van der Waals surface area contributed by atoms with Crippen LogP contribution in [0, 0.1) is 0 Å². The minimum atomic E-state index is -3.95. The van der Waals surface area contributed by atoms with Crippen LogP contribution in [-0.2, 0) is 23.5 Å². The summed E-state index contributed by atoms with van der Waals surface area (Å²) in [6.07, 6.45) is 1.93. The van der Waals surface area contributed by atoms with E-state index in [0.29, 0.717) is 29.2 Å². The van der Waals surface area contributed by atoms with Gasteiger partial charge in [-0.15, -0.1) is 0 Å². The van der Waals surface area contributed by atoms with Gasteiger partial charge in [0.15, 0.2) is 0 Å². The van der Waals surface area contributed by atoms with Crippen LogP contribution in [0.15, 0.2) is 46.5 Å². The van der Waals surface area contributed by atoms with Gasteiger partial charge in [0.2, 0.25) is 5.03 Å². The van der Waals surface area contributed by atoms with Gasteiger partial charge in [-0.25, -0.2) is 9.97 Å². The summed E-state index contributed by atoms with van der Waals surface area (Å²) < 4.78 is 28.8. The van der Waals surface area contributed by atoms with E-state index in [9.17, 15) is 13.2 Å². The lowest BCUT2D eigenvalue weighted by Gasteiger charge is -2.09. The number of aromatic nitrogens is 4. The molecule has 0 saturated carbocycles. The van der Waals surface area contributed by atoms with Gasteiger partial charge in [0.05, 0.1) is 6.33 Å². The zero-order valence-corrected chi connectivity index (χ0v) is 15.6. The monoisotopic (exact) mass is 393 g/mol. The second-order valence-electron chi connectivity index (χ2n) is 5.58. The number of anilines is 1. The van der Waals surface area contributed by atoms with Crippen molar-refractivity contribution in [2.45, 2.75) is 18.4 Å². The Hall–Kier alpha value is -2.65. The Morgan fingerprint density at radius 3 is 2.73 bits per heavy atom. The van der Waals surface area contributed by atoms with Crippen LogP contribution in [0.25, 0.3) is 11.4 Å². The summed E-state index contributed by atoms with van der Waals surface area (Å²) in [6.45, 7) is 1.90. The Morgan fingerprint density at radius 1 is 1.31 bits per heavy atom. The number of imidazole rings is 1. The van der Waals surface area contributed by atoms with Gasteiger partial charge in [0.25, 0.3) is 15.6 Å². The molecule has 1 aromatic carbocycles. The molecule has 0 aliphatic rings. The van der Waals surface area contributed by atoms with Crippen LogP contribution in [-0.4, -0.2) is 27.9 Å². The molecule has 10 heteroatoms. The predicted molar refractivity (Wildman–Crippen MR) is 98.7 cm³/mol. The molecule has 0 amide bonds. The molecule has 3 rings (SSSR count). The van der Waals surface area contributed by atoms with Crippen LogP contribution in [0.4, 0.5) is 5.69 Å². The maximum atomic E-state index is 12.5. The third-order valence-corrected chi connectivity index (χ3v) is 5.50. The summed E-state index contributed by atoms with van der Waals surface area (Å²) in [5.41, 5.74) is 1.26. The normalized spacial score (nSPS) is 11.5. The number of rotatable bonds is 5. The SMILES string of the molecule is CCc1cc(=O)[nH]c(-c2cccc(NS(=O)(=O)c3ncn(C)c3Cl)c2)n1. The van der Waals surface area contributed by atoms with E-state index in [1.54, 1.807) is 31.3 Å². The van der Waals surface area contributed by atoms with Crippen molar-refractivity contribution in [1.82, 2.24) is 19.5 Å². The summed E-state index contributed by atoms with van der Waals surface area (Å²) in [5, 5.41) is -0.248. The molecule has 0 radical (unpaired) electrons. The highest BCUT2D eigenvalue weighted by atomic mass is 35.5. The minimum absolute atomic E-state index is 0.00954. The molecule has 26 heavy (non-hydrogen) atoms. The van der Waals surface area contributed by atoms with Crippen molar-refractivity contribution in [2.75, 3.05) is 4.72 Å². The smallest absolute Gasteiger partial charge is 0.282 e. The fraction of sp³-hybridized carbons (Fsp3) is 0.188. The number of aryl methyl sites for hydroxylation is 2. The van der Waals surface area contributed by atoms with E-state index in [-0.39, 0.29) is 15.7 Å². The van der Waals surface area contributed by atoms with Gasteiger partial charge in [-0.05, 0) is 18.6 Å². The number of benzene rings is 1. The first-order valence-corrected chi connectivity index (χ1v) is 9.56. The first-order valence-electron chi connectivity index (χ1n) is 7.70. The van der Waals surface area contributed by atoms with E-state index in [4.69, 9.17) is 11.6 Å². The standard InChI is InChI=1S/C16H16ClN5O3S/c1-3-11-8-13(23)20-15(19-11)10-5-4-6-12(7-10)21-26(24,25)16-14(17)22(2)9-18-16/h4-9,21H,3H2,1-2H3,(H,19,20,23). The van der Waals surface area contributed by atoms with Crippen molar-refractivity contribution in [3.63, 3.8) is 0 Å². The number of sulfonamides is 1. The summed E-state index contributed by atoms with van der Waals surface area (Å²) in [7, 11) is -2.35. The molecule has 0 bridgehead atoms. The van der Waals surface area contributed by atoms with E-state index < -0.39 is 10.0 Å². The molecule has 0 unspecified atom stereocenters. The number of nitrogens with zero attached hydrogens (tertiary/aromatic N) is 3. The predicted octanol–water partition coefficient (Wildman–Crippen LogP) is 2.19. The van der Waals surface area contributed by atoms with Gasteiger partial charge in [0, 0.05) is 30.1 Å². The molecule has 2 N–H and O–H groups in total. The molecule has 0 spiro atoms. The molecule has 3 aromatic rings. The highest BCUT2D eigenvalue weighted by Gasteiger charge is 2.22. The summed E-state index contributed by atoms with van der Waals surface area (Å²) >= 11 is 5.97. The third-order valence-electron chi connectivity index (χ3n) is 3.63. The molecule has 0 aliphatic carbocycles. The van der Waals surface area contributed by atoms with Gasteiger partial charge in [0.1, 0.15) is 11.0 Å². The van der Waals surface area contributed by atoms with Gasteiger partial charge in [-0.2, -0.15) is 8.42 Å². The molecule has 0 aliphatic heterocycles. The Morgan fingerprint density at radius 2 is 2.08 bits per heavy atom. The molecule has 2 aromatic heterocycles. The zero-order chi connectivity index (χ0) is 18.9. The second-order valence-corrected chi connectivity index (χ2v) is 7.53. The molecule has 0 fully saturated rings. The van der Waals surface area contributed by atoms with Crippen molar-refractivity contribution in [3.05, 3.63) is 57.9 Å². The average Bonchev–Trinajstić information content (AvgIpc) is 2.94. The minimum Gasteiger partial charge on any atom is -0.324 e. The lowest BCUT2D eigenvalue weighted by Crippen LogP contribution is -2.14. The Kier molecular flexibility index (Phi) is 4.84. The molecule has 136 valence electrons. The van der Waals surface area contributed by atoms with Gasteiger partial charge >= 0.3 is 0 Å². The van der Waals surface area contributed by atoms with Crippen molar-refractivity contribution < 1.29 is 8.42 Å². The van der Waals surface area contributed by atoms with E-state index in [1.807, 2.05) is 6.92 Å². The molecule has 2 heterocycles. The molecule has 0 atom stereocenters. The number of aromatic amines is 1. The highest BCUT2D eigenvalue weighted by Crippen LogP contribution is 2.24. The van der Waals surface area contributed by atoms with Crippen LogP contribution < -0.4 is 10.3 Å². The largest absolute Gasteiger partial charge is 0.324 e. The van der Waals surface area contributed by atoms with Crippen LogP contribution in [0.2, 0.25) is 5.15 Å². The van der Waals surface area contributed by atoms with Crippen molar-refractivity contribution >= 4 is 27.3 Å². The number of hydrogen-bond donors (Lipinski definition) is 2. The summed E-state index contributed by atoms with van der Waals surface area (Å²) in [4.78, 5) is 22.6. The van der Waals surface area contributed by atoms with Crippen LogP contribution in [0.1, 0.15) is 12.6 Å². The Labute approximate surface area is 154 Å². The van der Waals surface area contributed by atoms with Crippen LogP contribution in [0.3, 0.4) is 0 Å². The third kappa shape index (κ3) is 3.63. The Balaban J connectivity index is 1.97. The average molecular weight is 394 g/mol. The van der Waals surface area contributed by atoms with Gasteiger partial charge < -0.3 is 9.55 Å².